The molecular weight excluding hydrogens is 292 g/mol. The molecule has 0 aromatic heterocycles. The highest BCUT2D eigenvalue weighted by molar-refractivity contribution is 6.02. The topological polar surface area (TPSA) is 66.5 Å². The number of amides is 3. The third kappa shape index (κ3) is 3.60. The van der Waals surface area contributed by atoms with Gasteiger partial charge in [0.1, 0.15) is 0 Å². The van der Waals surface area contributed by atoms with Crippen LogP contribution in [0.15, 0.2) is 18.2 Å². The number of nitrogens with zero attached hydrogens (tertiary/aromatic N) is 1. The summed E-state index contributed by atoms with van der Waals surface area (Å²) in [4.78, 5) is 36.4. The van der Waals surface area contributed by atoms with Crippen molar-refractivity contribution < 1.29 is 14.4 Å². The van der Waals surface area contributed by atoms with Crippen molar-refractivity contribution in [3.63, 3.8) is 0 Å². The molecule has 1 aromatic rings. The summed E-state index contributed by atoms with van der Waals surface area (Å²) in [5.74, 6) is -0.289. The van der Waals surface area contributed by atoms with E-state index in [0.717, 1.165) is 18.5 Å². The Hall–Kier alpha value is -2.17. The molecule has 2 aliphatic rings. The molecule has 0 bridgehead atoms. The number of anilines is 1. The van der Waals surface area contributed by atoms with E-state index in [9.17, 15) is 14.4 Å². The van der Waals surface area contributed by atoms with E-state index in [2.05, 4.69) is 11.4 Å². The highest BCUT2D eigenvalue weighted by Crippen LogP contribution is 2.28. The summed E-state index contributed by atoms with van der Waals surface area (Å²) < 4.78 is 0. The molecule has 1 heterocycles. The van der Waals surface area contributed by atoms with Crippen LogP contribution in [0.4, 0.5) is 5.69 Å². The molecule has 1 aromatic carbocycles. The predicted octanol–water partition coefficient (Wildman–Crippen LogP) is 2.43. The number of hydrogen-bond acceptors (Lipinski definition) is 3. The Kier molecular flexibility index (Phi) is 4.74. The maximum atomic E-state index is 12.1. The second-order valence-electron chi connectivity index (χ2n) is 6.24. The lowest BCUT2D eigenvalue weighted by molar-refractivity contribution is -0.138. The third-order valence-electron chi connectivity index (χ3n) is 4.61. The molecule has 0 saturated carbocycles. The second kappa shape index (κ2) is 6.94. The fraction of sp³-hybridized carbons (Fsp3) is 0.500. The van der Waals surface area contributed by atoms with Crippen molar-refractivity contribution in [1.29, 1.82) is 0 Å². The first kappa shape index (κ1) is 15.7. The molecule has 5 nitrogen and oxygen atoms in total. The SMILES string of the molecule is O=C(CCCN1C(=O)CCC1=O)Nc1cccc2c1CCCC2. The first-order valence-corrected chi connectivity index (χ1v) is 8.39. The number of imide groups is 1. The number of carbonyl (C=O) groups excluding carboxylic acids is 3. The van der Waals surface area contributed by atoms with E-state index < -0.39 is 0 Å². The molecule has 3 amide bonds. The molecule has 5 heteroatoms. The van der Waals surface area contributed by atoms with Crippen molar-refractivity contribution in [1.82, 2.24) is 4.90 Å². The minimum absolute atomic E-state index is 0.0527. The molecule has 0 atom stereocenters. The van der Waals surface area contributed by atoms with Gasteiger partial charge in [0, 0.05) is 31.5 Å². The van der Waals surface area contributed by atoms with E-state index in [4.69, 9.17) is 0 Å². The monoisotopic (exact) mass is 314 g/mol. The van der Waals surface area contributed by atoms with E-state index in [1.165, 1.54) is 28.9 Å². The number of carbonyl (C=O) groups is 3. The van der Waals surface area contributed by atoms with E-state index >= 15 is 0 Å². The summed E-state index contributed by atoms with van der Waals surface area (Å²) in [5, 5.41) is 2.99. The van der Waals surface area contributed by atoms with E-state index in [-0.39, 0.29) is 17.7 Å². The zero-order chi connectivity index (χ0) is 16.2. The van der Waals surface area contributed by atoms with Crippen LogP contribution in [0.5, 0.6) is 0 Å². The van der Waals surface area contributed by atoms with Gasteiger partial charge in [-0.05, 0) is 49.3 Å². The van der Waals surface area contributed by atoms with Gasteiger partial charge >= 0.3 is 0 Å². The highest BCUT2D eigenvalue weighted by atomic mass is 16.2. The average molecular weight is 314 g/mol. The largest absolute Gasteiger partial charge is 0.326 e. The van der Waals surface area contributed by atoms with Gasteiger partial charge in [-0.1, -0.05) is 12.1 Å². The molecule has 1 saturated heterocycles. The minimum atomic E-state index is -0.118. The summed E-state index contributed by atoms with van der Waals surface area (Å²) in [5.41, 5.74) is 3.51. The van der Waals surface area contributed by atoms with Gasteiger partial charge in [-0.15, -0.1) is 0 Å². The lowest BCUT2D eigenvalue weighted by Crippen LogP contribution is -2.30. The number of aryl methyl sites for hydroxylation is 1. The molecule has 1 fully saturated rings. The van der Waals surface area contributed by atoms with Crippen LogP contribution >= 0.6 is 0 Å². The minimum Gasteiger partial charge on any atom is -0.326 e. The Balaban J connectivity index is 1.52. The quantitative estimate of drug-likeness (QED) is 0.849. The number of benzene rings is 1. The number of fused-ring (bicyclic) bond motifs is 1. The van der Waals surface area contributed by atoms with Gasteiger partial charge < -0.3 is 5.32 Å². The summed E-state index contributed by atoms with van der Waals surface area (Å²) in [6.45, 7) is 0.345. The molecule has 3 rings (SSSR count). The van der Waals surface area contributed by atoms with Gasteiger partial charge in [0.2, 0.25) is 17.7 Å². The number of nitrogens with one attached hydrogen (secondary N) is 1. The first-order chi connectivity index (χ1) is 11.1. The highest BCUT2D eigenvalue weighted by Gasteiger charge is 2.28. The van der Waals surface area contributed by atoms with Crippen LogP contribution in [0.2, 0.25) is 0 Å². The molecule has 0 spiro atoms. The fourth-order valence-corrected chi connectivity index (χ4v) is 3.38. The molecule has 122 valence electrons. The van der Waals surface area contributed by atoms with Crippen molar-refractivity contribution in [2.45, 2.75) is 51.4 Å². The van der Waals surface area contributed by atoms with E-state index in [0.29, 0.717) is 32.2 Å². The van der Waals surface area contributed by atoms with E-state index in [1.807, 2.05) is 12.1 Å². The summed E-state index contributed by atoms with van der Waals surface area (Å²) in [7, 11) is 0. The molecule has 1 aliphatic heterocycles. The molecular formula is C18H22N2O3. The molecule has 1 N–H and O–H groups in total. The van der Waals surface area contributed by atoms with Crippen LogP contribution in [0.25, 0.3) is 0 Å². The molecule has 1 aliphatic carbocycles. The van der Waals surface area contributed by atoms with Crippen LogP contribution in [-0.2, 0) is 27.2 Å². The number of hydrogen-bond donors (Lipinski definition) is 1. The fourth-order valence-electron chi connectivity index (χ4n) is 3.38. The van der Waals surface area contributed by atoms with Gasteiger partial charge in [-0.2, -0.15) is 0 Å². The normalized spacial score (nSPS) is 17.3. The average Bonchev–Trinajstić information content (AvgIpc) is 2.87. The van der Waals surface area contributed by atoms with Crippen molar-refractivity contribution >= 4 is 23.4 Å². The zero-order valence-corrected chi connectivity index (χ0v) is 13.3. The second-order valence-corrected chi connectivity index (χ2v) is 6.24. The third-order valence-corrected chi connectivity index (χ3v) is 4.61. The smallest absolute Gasteiger partial charge is 0.229 e. The maximum absolute atomic E-state index is 12.1. The van der Waals surface area contributed by atoms with Gasteiger partial charge in [0.05, 0.1) is 0 Å². The Labute approximate surface area is 136 Å². The predicted molar refractivity (Wildman–Crippen MR) is 86.9 cm³/mol. The number of likely N-dealkylation sites (tertiary alicyclic amines) is 1. The van der Waals surface area contributed by atoms with Crippen LogP contribution in [0, 0.1) is 0 Å². The van der Waals surface area contributed by atoms with Crippen LogP contribution in [0.3, 0.4) is 0 Å². The first-order valence-electron chi connectivity index (χ1n) is 8.39. The Morgan fingerprint density at radius 2 is 1.78 bits per heavy atom. The van der Waals surface area contributed by atoms with Gasteiger partial charge in [-0.3, -0.25) is 19.3 Å². The van der Waals surface area contributed by atoms with Crippen molar-refractivity contribution in [2.24, 2.45) is 0 Å². The Morgan fingerprint density at radius 1 is 1.04 bits per heavy atom. The Morgan fingerprint density at radius 3 is 2.57 bits per heavy atom. The lowest BCUT2D eigenvalue weighted by atomic mass is 9.90. The lowest BCUT2D eigenvalue weighted by Gasteiger charge is -2.19. The summed E-state index contributed by atoms with van der Waals surface area (Å²) in [6.07, 6.45) is 5.92. The molecule has 23 heavy (non-hydrogen) atoms. The van der Waals surface area contributed by atoms with Crippen LogP contribution in [0.1, 0.15) is 49.7 Å². The van der Waals surface area contributed by atoms with Gasteiger partial charge in [0.25, 0.3) is 0 Å². The van der Waals surface area contributed by atoms with Gasteiger partial charge in [-0.25, -0.2) is 0 Å². The molecule has 0 unspecified atom stereocenters. The van der Waals surface area contributed by atoms with Crippen molar-refractivity contribution in [2.75, 3.05) is 11.9 Å². The standard InChI is InChI=1S/C18H22N2O3/c21-16(9-4-12-20-17(22)10-11-18(20)23)19-15-8-3-6-13-5-1-2-7-14(13)15/h3,6,8H,1-2,4-5,7,9-12H2,(H,19,21). The van der Waals surface area contributed by atoms with Crippen LogP contribution < -0.4 is 5.32 Å². The summed E-state index contributed by atoms with van der Waals surface area (Å²) in [6, 6.07) is 6.08. The zero-order valence-electron chi connectivity index (χ0n) is 13.3. The maximum Gasteiger partial charge on any atom is 0.229 e. The van der Waals surface area contributed by atoms with Gasteiger partial charge in [0.15, 0.2) is 0 Å². The molecule has 0 radical (unpaired) electrons. The van der Waals surface area contributed by atoms with Crippen LogP contribution in [-0.4, -0.2) is 29.2 Å². The summed E-state index contributed by atoms with van der Waals surface area (Å²) >= 11 is 0. The van der Waals surface area contributed by atoms with Crippen molar-refractivity contribution in [3.05, 3.63) is 29.3 Å². The van der Waals surface area contributed by atoms with E-state index in [1.54, 1.807) is 0 Å². The Bertz CT molecular complexity index is 623. The van der Waals surface area contributed by atoms with Crippen molar-refractivity contribution in [3.8, 4) is 0 Å². The number of rotatable bonds is 5.